The van der Waals surface area contributed by atoms with Crippen molar-refractivity contribution in [2.24, 2.45) is 0 Å². The standard InChI is InChI=1S/C8H14N2O2S/c1-10(5-2-4-9)8-3-6-13(11,12)7-8/h8H,2-3,5-7H2,1H3. The van der Waals surface area contributed by atoms with Crippen LogP contribution in [0.4, 0.5) is 0 Å². The van der Waals surface area contributed by atoms with Gasteiger partial charge in [-0.2, -0.15) is 5.26 Å². The minimum Gasteiger partial charge on any atom is -0.301 e. The first-order chi connectivity index (χ1) is 6.05. The molecule has 5 heteroatoms. The summed E-state index contributed by atoms with van der Waals surface area (Å²) < 4.78 is 22.3. The summed E-state index contributed by atoms with van der Waals surface area (Å²) >= 11 is 0. The summed E-state index contributed by atoms with van der Waals surface area (Å²) in [6.45, 7) is 0.663. The van der Waals surface area contributed by atoms with Crippen LogP contribution in [-0.4, -0.2) is 44.5 Å². The summed E-state index contributed by atoms with van der Waals surface area (Å²) in [6.07, 6.45) is 1.18. The molecule has 0 bridgehead atoms. The van der Waals surface area contributed by atoms with Crippen molar-refractivity contribution in [3.8, 4) is 6.07 Å². The monoisotopic (exact) mass is 202 g/mol. The molecule has 0 aliphatic carbocycles. The highest BCUT2D eigenvalue weighted by Gasteiger charge is 2.30. The number of hydrogen-bond donors (Lipinski definition) is 0. The summed E-state index contributed by atoms with van der Waals surface area (Å²) in [5.74, 6) is 0.559. The van der Waals surface area contributed by atoms with Crippen molar-refractivity contribution in [3.05, 3.63) is 0 Å². The van der Waals surface area contributed by atoms with E-state index >= 15 is 0 Å². The zero-order chi connectivity index (χ0) is 9.90. The van der Waals surface area contributed by atoms with Gasteiger partial charge in [0.05, 0.1) is 17.6 Å². The molecule has 1 heterocycles. The van der Waals surface area contributed by atoms with E-state index in [0.29, 0.717) is 25.1 Å². The van der Waals surface area contributed by atoms with Crippen LogP contribution in [-0.2, 0) is 9.84 Å². The van der Waals surface area contributed by atoms with Gasteiger partial charge in [0.1, 0.15) is 0 Å². The summed E-state index contributed by atoms with van der Waals surface area (Å²) in [4.78, 5) is 1.97. The second-order valence-electron chi connectivity index (χ2n) is 3.45. The minimum atomic E-state index is -2.79. The Balaban J connectivity index is 2.43. The summed E-state index contributed by atoms with van der Waals surface area (Å²) in [5.41, 5.74) is 0. The Morgan fingerprint density at radius 1 is 1.62 bits per heavy atom. The number of sulfone groups is 1. The quantitative estimate of drug-likeness (QED) is 0.647. The zero-order valence-corrected chi connectivity index (χ0v) is 8.55. The van der Waals surface area contributed by atoms with E-state index in [1.807, 2.05) is 11.9 Å². The van der Waals surface area contributed by atoms with Gasteiger partial charge in [-0.05, 0) is 13.5 Å². The molecule has 0 N–H and O–H groups in total. The lowest BCUT2D eigenvalue weighted by Crippen LogP contribution is -2.33. The maximum atomic E-state index is 11.1. The molecule has 1 aliphatic heterocycles. The van der Waals surface area contributed by atoms with Gasteiger partial charge in [-0.1, -0.05) is 0 Å². The molecular formula is C8H14N2O2S. The van der Waals surface area contributed by atoms with Gasteiger partial charge in [0, 0.05) is 19.0 Å². The molecule has 1 rings (SSSR count). The van der Waals surface area contributed by atoms with Crippen molar-refractivity contribution in [3.63, 3.8) is 0 Å². The highest BCUT2D eigenvalue weighted by atomic mass is 32.2. The summed E-state index contributed by atoms with van der Waals surface area (Å²) in [7, 11) is -0.912. The van der Waals surface area contributed by atoms with Crippen LogP contribution >= 0.6 is 0 Å². The molecular weight excluding hydrogens is 188 g/mol. The Kier molecular flexibility index (Phi) is 3.28. The zero-order valence-electron chi connectivity index (χ0n) is 7.73. The van der Waals surface area contributed by atoms with E-state index in [9.17, 15) is 8.42 Å². The maximum absolute atomic E-state index is 11.1. The molecule has 1 unspecified atom stereocenters. The van der Waals surface area contributed by atoms with Crippen LogP contribution in [0.1, 0.15) is 12.8 Å². The molecule has 1 fully saturated rings. The fourth-order valence-electron chi connectivity index (χ4n) is 1.53. The van der Waals surface area contributed by atoms with Crippen LogP contribution < -0.4 is 0 Å². The lowest BCUT2D eigenvalue weighted by atomic mass is 10.2. The molecule has 1 atom stereocenters. The predicted octanol–water partition coefficient (Wildman–Crippen LogP) is 0.0190. The van der Waals surface area contributed by atoms with E-state index in [4.69, 9.17) is 5.26 Å². The van der Waals surface area contributed by atoms with E-state index in [1.165, 1.54) is 0 Å². The van der Waals surface area contributed by atoms with Gasteiger partial charge in [-0.25, -0.2) is 8.42 Å². The van der Waals surface area contributed by atoms with Crippen molar-refractivity contribution in [1.29, 1.82) is 5.26 Å². The third kappa shape index (κ3) is 2.98. The van der Waals surface area contributed by atoms with Crippen LogP contribution in [0, 0.1) is 11.3 Å². The average molecular weight is 202 g/mol. The topological polar surface area (TPSA) is 61.2 Å². The molecule has 0 aromatic heterocycles. The van der Waals surface area contributed by atoms with Crippen LogP contribution in [0.3, 0.4) is 0 Å². The third-order valence-corrected chi connectivity index (χ3v) is 4.16. The molecule has 0 saturated carbocycles. The molecule has 0 amide bonds. The van der Waals surface area contributed by atoms with Crippen molar-refractivity contribution in [2.75, 3.05) is 25.1 Å². The number of nitrogens with zero attached hydrogens (tertiary/aromatic N) is 2. The second-order valence-corrected chi connectivity index (χ2v) is 5.67. The fraction of sp³-hybridized carbons (Fsp3) is 0.875. The Hall–Kier alpha value is -0.600. The first kappa shape index (κ1) is 10.5. The Morgan fingerprint density at radius 3 is 2.77 bits per heavy atom. The minimum absolute atomic E-state index is 0.123. The van der Waals surface area contributed by atoms with Crippen molar-refractivity contribution in [2.45, 2.75) is 18.9 Å². The predicted molar refractivity (Wildman–Crippen MR) is 49.9 cm³/mol. The van der Waals surface area contributed by atoms with Gasteiger partial charge in [-0.15, -0.1) is 0 Å². The first-order valence-electron chi connectivity index (χ1n) is 4.33. The van der Waals surface area contributed by atoms with Crippen LogP contribution in [0.15, 0.2) is 0 Å². The molecule has 0 aromatic carbocycles. The smallest absolute Gasteiger partial charge is 0.151 e. The second kappa shape index (κ2) is 4.07. The van der Waals surface area contributed by atoms with Crippen LogP contribution in [0.25, 0.3) is 0 Å². The van der Waals surface area contributed by atoms with E-state index in [1.54, 1.807) is 0 Å². The molecule has 1 aliphatic rings. The summed E-state index contributed by atoms with van der Waals surface area (Å²) in [5, 5.41) is 8.37. The highest BCUT2D eigenvalue weighted by Crippen LogP contribution is 2.16. The Labute approximate surface area is 79.1 Å². The molecule has 4 nitrogen and oxygen atoms in total. The lowest BCUT2D eigenvalue weighted by Gasteiger charge is -2.21. The number of hydrogen-bond acceptors (Lipinski definition) is 4. The molecule has 13 heavy (non-hydrogen) atoms. The van der Waals surface area contributed by atoms with Crippen LogP contribution in [0.5, 0.6) is 0 Å². The number of rotatable bonds is 3. The maximum Gasteiger partial charge on any atom is 0.151 e. The van der Waals surface area contributed by atoms with E-state index in [2.05, 4.69) is 6.07 Å². The van der Waals surface area contributed by atoms with Crippen molar-refractivity contribution >= 4 is 9.84 Å². The van der Waals surface area contributed by atoms with Gasteiger partial charge >= 0.3 is 0 Å². The van der Waals surface area contributed by atoms with Crippen molar-refractivity contribution in [1.82, 2.24) is 4.90 Å². The van der Waals surface area contributed by atoms with Crippen LogP contribution in [0.2, 0.25) is 0 Å². The molecule has 0 radical (unpaired) electrons. The van der Waals surface area contributed by atoms with E-state index < -0.39 is 9.84 Å². The molecule has 0 spiro atoms. The summed E-state index contributed by atoms with van der Waals surface area (Å²) in [6, 6.07) is 2.18. The average Bonchev–Trinajstić information content (AvgIpc) is 2.42. The van der Waals surface area contributed by atoms with E-state index in [-0.39, 0.29) is 11.8 Å². The Morgan fingerprint density at radius 2 is 2.31 bits per heavy atom. The van der Waals surface area contributed by atoms with Gasteiger partial charge in [0.25, 0.3) is 0 Å². The van der Waals surface area contributed by atoms with Gasteiger partial charge in [0.2, 0.25) is 0 Å². The van der Waals surface area contributed by atoms with E-state index in [0.717, 1.165) is 0 Å². The fourth-order valence-corrected chi connectivity index (χ4v) is 3.34. The van der Waals surface area contributed by atoms with Gasteiger partial charge < -0.3 is 4.90 Å². The van der Waals surface area contributed by atoms with Crippen molar-refractivity contribution < 1.29 is 8.42 Å². The molecule has 74 valence electrons. The van der Waals surface area contributed by atoms with Gasteiger partial charge in [-0.3, -0.25) is 0 Å². The first-order valence-corrected chi connectivity index (χ1v) is 6.15. The SMILES string of the molecule is CN(CCC#N)C1CCS(=O)(=O)C1. The van der Waals surface area contributed by atoms with Gasteiger partial charge in [0.15, 0.2) is 9.84 Å². The highest BCUT2D eigenvalue weighted by molar-refractivity contribution is 7.91. The Bertz CT molecular complexity index is 305. The number of nitriles is 1. The largest absolute Gasteiger partial charge is 0.301 e. The lowest BCUT2D eigenvalue weighted by molar-refractivity contribution is 0.268. The third-order valence-electron chi connectivity index (χ3n) is 2.41. The molecule has 1 saturated heterocycles. The normalized spacial score (nSPS) is 26.1. The molecule has 0 aromatic rings.